The summed E-state index contributed by atoms with van der Waals surface area (Å²) in [6.45, 7) is 0.590. The number of hydrogen-bond donors (Lipinski definition) is 1. The van der Waals surface area contributed by atoms with E-state index in [0.717, 1.165) is 5.92 Å². The van der Waals surface area contributed by atoms with Gasteiger partial charge in [-0.15, -0.1) is 12.4 Å². The van der Waals surface area contributed by atoms with Crippen molar-refractivity contribution in [2.75, 3.05) is 6.61 Å². The zero-order chi connectivity index (χ0) is 12.0. The van der Waals surface area contributed by atoms with E-state index in [1.807, 2.05) is 0 Å². The highest BCUT2D eigenvalue weighted by molar-refractivity contribution is 6.42. The fourth-order valence-corrected chi connectivity index (χ4v) is 2.80. The Bertz CT molecular complexity index is 447. The lowest BCUT2D eigenvalue weighted by Gasteiger charge is -2.15. The Hall–Kier alpha value is 0.0700. The Morgan fingerprint density at radius 3 is 2.72 bits per heavy atom. The predicted molar refractivity (Wildman–Crippen MR) is 75.4 cm³/mol. The molecule has 1 saturated carbocycles. The Morgan fingerprint density at radius 2 is 2.06 bits per heavy atom. The van der Waals surface area contributed by atoms with Crippen molar-refractivity contribution in [3.05, 3.63) is 21.4 Å². The molecule has 1 aromatic heterocycles. The van der Waals surface area contributed by atoms with E-state index in [9.17, 15) is 0 Å². The number of aromatic nitrogens is 1. The molecule has 2 aliphatic rings. The lowest BCUT2D eigenvalue weighted by atomic mass is 10.2. The van der Waals surface area contributed by atoms with Gasteiger partial charge in [-0.05, 0) is 18.8 Å². The van der Waals surface area contributed by atoms with Crippen LogP contribution < -0.4 is 10.1 Å². The average molecular weight is 330 g/mol. The first-order valence-corrected chi connectivity index (χ1v) is 6.67. The molecule has 2 heterocycles. The lowest BCUT2D eigenvalue weighted by molar-refractivity contribution is 0.267. The number of rotatable bonds is 3. The molecule has 18 heavy (non-hydrogen) atoms. The molecule has 1 N–H and O–H groups in total. The molecule has 3 atom stereocenters. The van der Waals surface area contributed by atoms with E-state index in [1.54, 1.807) is 6.07 Å². The number of nitrogens with zero attached hydrogens (tertiary/aromatic N) is 1. The first kappa shape index (κ1) is 14.5. The average Bonchev–Trinajstić information content (AvgIpc) is 2.90. The van der Waals surface area contributed by atoms with Gasteiger partial charge in [-0.3, -0.25) is 0 Å². The standard InChI is InChI=1S/C11H11Cl3N2O.ClH/c12-7-3-9(11(14)16-10(7)13)17-4-6-1-5-2-8(5)15-6;/h3,5-6,8,15H,1-2,4H2;1H/t5-,6-,8+;/m0./s1. The number of halogens is 4. The summed E-state index contributed by atoms with van der Waals surface area (Å²) in [5.74, 6) is 1.34. The van der Waals surface area contributed by atoms with Gasteiger partial charge in [0.1, 0.15) is 11.8 Å². The van der Waals surface area contributed by atoms with Crippen molar-refractivity contribution in [2.24, 2.45) is 5.92 Å². The largest absolute Gasteiger partial charge is 0.489 e. The van der Waals surface area contributed by atoms with Crippen LogP contribution in [0.2, 0.25) is 15.3 Å². The number of piperidine rings is 1. The quantitative estimate of drug-likeness (QED) is 0.860. The second-order valence-electron chi connectivity index (χ2n) is 4.56. The van der Waals surface area contributed by atoms with Crippen LogP contribution in [0.4, 0.5) is 0 Å². The Morgan fingerprint density at radius 1 is 1.28 bits per heavy atom. The summed E-state index contributed by atoms with van der Waals surface area (Å²) in [7, 11) is 0. The van der Waals surface area contributed by atoms with Gasteiger partial charge < -0.3 is 10.1 Å². The molecule has 1 saturated heterocycles. The first-order chi connectivity index (χ1) is 8.13. The van der Waals surface area contributed by atoms with E-state index in [0.29, 0.717) is 29.5 Å². The van der Waals surface area contributed by atoms with Gasteiger partial charge >= 0.3 is 0 Å². The third-order valence-electron chi connectivity index (χ3n) is 3.25. The summed E-state index contributed by atoms with van der Waals surface area (Å²) in [4.78, 5) is 3.90. The van der Waals surface area contributed by atoms with Crippen LogP contribution in [0, 0.1) is 5.92 Å². The number of ether oxygens (including phenoxy) is 1. The van der Waals surface area contributed by atoms with Gasteiger partial charge in [0.15, 0.2) is 10.9 Å². The summed E-state index contributed by atoms with van der Waals surface area (Å²) < 4.78 is 5.63. The van der Waals surface area contributed by atoms with Crippen molar-refractivity contribution in [3.8, 4) is 5.75 Å². The molecule has 100 valence electrons. The molecule has 3 rings (SSSR count). The van der Waals surface area contributed by atoms with Gasteiger partial charge in [0.2, 0.25) is 0 Å². The van der Waals surface area contributed by atoms with E-state index in [2.05, 4.69) is 10.3 Å². The van der Waals surface area contributed by atoms with Crippen LogP contribution in [0.1, 0.15) is 12.8 Å². The van der Waals surface area contributed by atoms with Crippen LogP contribution >= 0.6 is 47.2 Å². The van der Waals surface area contributed by atoms with Crippen LogP contribution in [0.15, 0.2) is 6.07 Å². The van der Waals surface area contributed by atoms with Gasteiger partial charge in [-0.1, -0.05) is 34.8 Å². The maximum absolute atomic E-state index is 5.92. The molecule has 2 fully saturated rings. The van der Waals surface area contributed by atoms with Crippen molar-refractivity contribution in [1.29, 1.82) is 0 Å². The van der Waals surface area contributed by atoms with Crippen molar-refractivity contribution >= 4 is 47.2 Å². The molecule has 1 aliphatic heterocycles. The number of nitrogens with one attached hydrogen (secondary N) is 1. The van der Waals surface area contributed by atoms with Crippen LogP contribution in [0.5, 0.6) is 5.75 Å². The topological polar surface area (TPSA) is 34.1 Å². The van der Waals surface area contributed by atoms with Crippen molar-refractivity contribution in [2.45, 2.75) is 24.9 Å². The highest BCUT2D eigenvalue weighted by Crippen LogP contribution is 2.41. The predicted octanol–water partition coefficient (Wildman–Crippen LogP) is 3.59. The fourth-order valence-electron chi connectivity index (χ4n) is 2.29. The van der Waals surface area contributed by atoms with E-state index in [4.69, 9.17) is 39.5 Å². The van der Waals surface area contributed by atoms with Gasteiger partial charge in [0.25, 0.3) is 0 Å². The van der Waals surface area contributed by atoms with Gasteiger partial charge in [-0.25, -0.2) is 4.98 Å². The van der Waals surface area contributed by atoms with Crippen molar-refractivity contribution < 1.29 is 4.74 Å². The third kappa shape index (κ3) is 2.97. The summed E-state index contributed by atoms with van der Waals surface area (Å²) in [5, 5.41) is 4.30. The van der Waals surface area contributed by atoms with Gasteiger partial charge in [0.05, 0.1) is 5.02 Å². The molecule has 0 spiro atoms. The SMILES string of the molecule is Cl.Clc1cc(OC[C@@H]2C[C@H]3C[C@H]3N2)c(Cl)nc1Cl. The maximum Gasteiger partial charge on any atom is 0.172 e. The number of pyridine rings is 1. The highest BCUT2D eigenvalue weighted by atomic mass is 35.5. The molecular formula is C11H12Cl4N2O. The second-order valence-corrected chi connectivity index (χ2v) is 5.69. The van der Waals surface area contributed by atoms with E-state index < -0.39 is 0 Å². The minimum atomic E-state index is 0. The number of fused-ring (bicyclic) bond motifs is 1. The molecule has 0 aromatic carbocycles. The smallest absolute Gasteiger partial charge is 0.172 e. The Balaban J connectivity index is 0.00000120. The molecule has 7 heteroatoms. The summed E-state index contributed by atoms with van der Waals surface area (Å²) in [6.07, 6.45) is 2.49. The molecule has 1 aliphatic carbocycles. The van der Waals surface area contributed by atoms with Gasteiger partial charge in [0, 0.05) is 18.2 Å². The molecule has 0 radical (unpaired) electrons. The Kier molecular flexibility index (Phi) is 4.50. The molecule has 0 bridgehead atoms. The lowest BCUT2D eigenvalue weighted by Crippen LogP contribution is -2.31. The van der Waals surface area contributed by atoms with E-state index in [1.165, 1.54) is 12.8 Å². The molecule has 3 nitrogen and oxygen atoms in total. The summed E-state index contributed by atoms with van der Waals surface area (Å²) in [5.41, 5.74) is 0. The minimum absolute atomic E-state index is 0. The normalized spacial score (nSPS) is 28.5. The maximum atomic E-state index is 5.92. The first-order valence-electron chi connectivity index (χ1n) is 5.54. The zero-order valence-corrected chi connectivity index (χ0v) is 12.4. The second kappa shape index (κ2) is 5.59. The third-order valence-corrected chi connectivity index (χ3v) is 4.20. The molecule has 0 amide bonds. The van der Waals surface area contributed by atoms with Gasteiger partial charge in [-0.2, -0.15) is 0 Å². The minimum Gasteiger partial charge on any atom is -0.489 e. The highest BCUT2D eigenvalue weighted by Gasteiger charge is 2.45. The summed E-state index contributed by atoms with van der Waals surface area (Å²) >= 11 is 17.5. The van der Waals surface area contributed by atoms with Crippen molar-refractivity contribution in [3.63, 3.8) is 0 Å². The van der Waals surface area contributed by atoms with Crippen LogP contribution in [0.3, 0.4) is 0 Å². The van der Waals surface area contributed by atoms with Crippen LogP contribution in [-0.4, -0.2) is 23.7 Å². The fraction of sp³-hybridized carbons (Fsp3) is 0.545. The zero-order valence-electron chi connectivity index (χ0n) is 9.33. The molecule has 0 unspecified atom stereocenters. The van der Waals surface area contributed by atoms with Crippen LogP contribution in [0.25, 0.3) is 0 Å². The van der Waals surface area contributed by atoms with Crippen molar-refractivity contribution in [1.82, 2.24) is 10.3 Å². The van der Waals surface area contributed by atoms with E-state index >= 15 is 0 Å². The van der Waals surface area contributed by atoms with Crippen LogP contribution in [-0.2, 0) is 0 Å². The number of hydrogen-bond acceptors (Lipinski definition) is 3. The van der Waals surface area contributed by atoms with E-state index in [-0.39, 0.29) is 22.7 Å². The Labute approximate surface area is 127 Å². The summed E-state index contributed by atoms with van der Waals surface area (Å²) in [6, 6.07) is 2.73. The molecular weight excluding hydrogens is 318 g/mol. The molecule has 1 aromatic rings. The monoisotopic (exact) mass is 328 g/mol.